The number of amides is 1. The van der Waals surface area contributed by atoms with E-state index in [1.807, 2.05) is 36.4 Å². The summed E-state index contributed by atoms with van der Waals surface area (Å²) in [6, 6.07) is 16.6. The Morgan fingerprint density at radius 3 is 2.41 bits per heavy atom. The van der Waals surface area contributed by atoms with Crippen LogP contribution < -0.4 is 14.2 Å². The molecule has 3 rings (SSSR count). The minimum Gasteiger partial charge on any atom is -0.497 e. The van der Waals surface area contributed by atoms with Gasteiger partial charge >= 0.3 is 0 Å². The predicted octanol–water partition coefficient (Wildman–Crippen LogP) is 3.44. The number of ether oxygens (including phenoxy) is 2. The number of nitrogens with one attached hydrogen (secondary N) is 1. The highest BCUT2D eigenvalue weighted by atomic mass is 32.2. The standard InChI is InChI=1S/C24H26N2O5S/c1-25-32(28,29)23-14-17(6-11-22(23)31-4)7-12-24(27)26(2)16-18-5-8-20-15-21(30-3)10-9-19(20)13-18/h5-15,25H,16H2,1-4H3/b12-7+. The molecule has 1 N–H and O–H groups in total. The van der Waals surface area contributed by atoms with E-state index >= 15 is 0 Å². The molecule has 0 spiro atoms. The fourth-order valence-corrected chi connectivity index (χ4v) is 4.19. The van der Waals surface area contributed by atoms with Crippen LogP contribution in [0, 0.1) is 0 Å². The lowest BCUT2D eigenvalue weighted by Gasteiger charge is -2.16. The van der Waals surface area contributed by atoms with Gasteiger partial charge < -0.3 is 14.4 Å². The maximum atomic E-state index is 12.6. The molecule has 0 radical (unpaired) electrons. The second-order valence-electron chi connectivity index (χ2n) is 7.19. The van der Waals surface area contributed by atoms with E-state index in [1.54, 1.807) is 37.3 Å². The zero-order chi connectivity index (χ0) is 23.3. The van der Waals surface area contributed by atoms with E-state index in [2.05, 4.69) is 4.72 Å². The Balaban J connectivity index is 1.74. The first-order chi connectivity index (χ1) is 15.3. The highest BCUT2D eigenvalue weighted by Crippen LogP contribution is 2.25. The molecule has 0 heterocycles. The van der Waals surface area contributed by atoms with Gasteiger partial charge in [-0.15, -0.1) is 0 Å². The SMILES string of the molecule is CNS(=O)(=O)c1cc(/C=C/C(=O)N(C)Cc2ccc3cc(OC)ccc3c2)ccc1OC. The van der Waals surface area contributed by atoms with Crippen LogP contribution >= 0.6 is 0 Å². The van der Waals surface area contributed by atoms with Crippen molar-refractivity contribution in [1.29, 1.82) is 0 Å². The number of sulfonamides is 1. The second-order valence-corrected chi connectivity index (χ2v) is 9.05. The van der Waals surface area contributed by atoms with Crippen molar-refractivity contribution in [2.24, 2.45) is 0 Å². The summed E-state index contributed by atoms with van der Waals surface area (Å²) < 4.78 is 37.1. The van der Waals surface area contributed by atoms with Crippen molar-refractivity contribution < 1.29 is 22.7 Å². The summed E-state index contributed by atoms with van der Waals surface area (Å²) in [4.78, 5) is 14.2. The number of methoxy groups -OCH3 is 2. The Bertz CT molecular complexity index is 1270. The first kappa shape index (κ1) is 23.3. The molecule has 0 aromatic heterocycles. The molecule has 0 aliphatic carbocycles. The summed E-state index contributed by atoms with van der Waals surface area (Å²) in [5, 5.41) is 2.13. The molecule has 8 heteroatoms. The summed E-state index contributed by atoms with van der Waals surface area (Å²) in [7, 11) is 2.40. The number of hydrogen-bond donors (Lipinski definition) is 1. The van der Waals surface area contributed by atoms with Gasteiger partial charge in [0, 0.05) is 19.7 Å². The molecule has 7 nitrogen and oxygen atoms in total. The number of carbonyl (C=O) groups excluding carboxylic acids is 1. The quantitative estimate of drug-likeness (QED) is 0.527. The van der Waals surface area contributed by atoms with E-state index < -0.39 is 10.0 Å². The zero-order valence-electron chi connectivity index (χ0n) is 18.5. The third-order valence-corrected chi connectivity index (χ3v) is 6.51. The van der Waals surface area contributed by atoms with Crippen molar-refractivity contribution in [1.82, 2.24) is 9.62 Å². The van der Waals surface area contributed by atoms with Gasteiger partial charge in [0.05, 0.1) is 14.2 Å². The van der Waals surface area contributed by atoms with Crippen LogP contribution in [0.25, 0.3) is 16.8 Å². The van der Waals surface area contributed by atoms with Gasteiger partial charge in [0.2, 0.25) is 15.9 Å². The molecule has 0 bridgehead atoms. The molecular formula is C24H26N2O5S. The fourth-order valence-electron chi connectivity index (χ4n) is 3.26. The number of carbonyl (C=O) groups is 1. The molecule has 168 valence electrons. The number of likely N-dealkylation sites (N-methyl/N-ethyl adjacent to an activating group) is 1. The van der Waals surface area contributed by atoms with Gasteiger partial charge in [0.25, 0.3) is 0 Å². The van der Waals surface area contributed by atoms with Gasteiger partial charge in [-0.1, -0.05) is 24.3 Å². The van der Waals surface area contributed by atoms with Gasteiger partial charge in [-0.25, -0.2) is 13.1 Å². The first-order valence-electron chi connectivity index (χ1n) is 9.89. The number of benzene rings is 3. The molecule has 32 heavy (non-hydrogen) atoms. The summed E-state index contributed by atoms with van der Waals surface area (Å²) in [6.45, 7) is 0.438. The van der Waals surface area contributed by atoms with E-state index in [4.69, 9.17) is 9.47 Å². The van der Waals surface area contributed by atoms with E-state index in [-0.39, 0.29) is 16.6 Å². The van der Waals surface area contributed by atoms with Crippen LogP contribution in [0.3, 0.4) is 0 Å². The molecule has 0 saturated heterocycles. The maximum absolute atomic E-state index is 12.6. The predicted molar refractivity (Wildman–Crippen MR) is 125 cm³/mol. The largest absolute Gasteiger partial charge is 0.497 e. The Kier molecular flexibility index (Phi) is 7.17. The lowest BCUT2D eigenvalue weighted by Crippen LogP contribution is -2.24. The molecule has 0 atom stereocenters. The lowest BCUT2D eigenvalue weighted by molar-refractivity contribution is -0.125. The number of rotatable bonds is 8. The lowest BCUT2D eigenvalue weighted by atomic mass is 10.1. The highest BCUT2D eigenvalue weighted by molar-refractivity contribution is 7.89. The molecule has 0 aliphatic rings. The van der Waals surface area contributed by atoms with E-state index in [0.29, 0.717) is 12.1 Å². The van der Waals surface area contributed by atoms with Gasteiger partial charge in [-0.2, -0.15) is 0 Å². The number of hydrogen-bond acceptors (Lipinski definition) is 5. The van der Waals surface area contributed by atoms with Gasteiger partial charge in [0.1, 0.15) is 16.4 Å². The molecule has 0 fully saturated rings. The number of fused-ring (bicyclic) bond motifs is 1. The van der Waals surface area contributed by atoms with E-state index in [1.165, 1.54) is 26.3 Å². The van der Waals surface area contributed by atoms with Crippen molar-refractivity contribution in [3.63, 3.8) is 0 Å². The molecule has 3 aromatic rings. The summed E-state index contributed by atoms with van der Waals surface area (Å²) in [6.07, 6.45) is 3.00. The fraction of sp³-hybridized carbons (Fsp3) is 0.208. The van der Waals surface area contributed by atoms with E-state index in [9.17, 15) is 13.2 Å². The average molecular weight is 455 g/mol. The topological polar surface area (TPSA) is 84.9 Å². The van der Waals surface area contributed by atoms with Gasteiger partial charge in [0.15, 0.2) is 0 Å². The van der Waals surface area contributed by atoms with Gasteiger partial charge in [-0.3, -0.25) is 4.79 Å². The molecular weight excluding hydrogens is 428 g/mol. The Morgan fingerprint density at radius 2 is 1.72 bits per heavy atom. The summed E-state index contributed by atoms with van der Waals surface area (Å²) >= 11 is 0. The van der Waals surface area contributed by atoms with E-state index in [0.717, 1.165) is 22.1 Å². The van der Waals surface area contributed by atoms with Crippen LogP contribution in [0.5, 0.6) is 11.5 Å². The van der Waals surface area contributed by atoms with Gasteiger partial charge in [-0.05, 0) is 65.4 Å². The molecule has 0 unspecified atom stereocenters. The second kappa shape index (κ2) is 9.84. The van der Waals surface area contributed by atoms with Crippen molar-refractivity contribution in [2.75, 3.05) is 28.3 Å². The highest BCUT2D eigenvalue weighted by Gasteiger charge is 2.17. The Morgan fingerprint density at radius 1 is 1.00 bits per heavy atom. The smallest absolute Gasteiger partial charge is 0.246 e. The van der Waals surface area contributed by atoms with Crippen LogP contribution in [-0.4, -0.2) is 47.5 Å². The van der Waals surface area contributed by atoms with Crippen LogP contribution in [0.2, 0.25) is 0 Å². The molecule has 1 amide bonds. The molecule has 0 aliphatic heterocycles. The summed E-state index contributed by atoms with van der Waals surface area (Å²) in [5.74, 6) is 0.828. The average Bonchev–Trinajstić information content (AvgIpc) is 2.81. The Hall–Kier alpha value is -3.36. The van der Waals surface area contributed by atoms with Crippen LogP contribution in [-0.2, 0) is 21.4 Å². The third-order valence-electron chi connectivity index (χ3n) is 5.07. The van der Waals surface area contributed by atoms with Crippen LogP contribution in [0.15, 0.2) is 65.6 Å². The van der Waals surface area contributed by atoms with Crippen molar-refractivity contribution >= 4 is 32.8 Å². The van der Waals surface area contributed by atoms with Crippen molar-refractivity contribution in [3.05, 3.63) is 71.8 Å². The zero-order valence-corrected chi connectivity index (χ0v) is 19.3. The third kappa shape index (κ3) is 5.27. The summed E-state index contributed by atoms with van der Waals surface area (Å²) in [5.41, 5.74) is 1.57. The Labute approximate surface area is 188 Å². The van der Waals surface area contributed by atoms with Crippen LogP contribution in [0.4, 0.5) is 0 Å². The normalized spacial score (nSPS) is 11.6. The maximum Gasteiger partial charge on any atom is 0.246 e. The minimum absolute atomic E-state index is 0.0123. The molecule has 0 saturated carbocycles. The monoisotopic (exact) mass is 454 g/mol. The van der Waals surface area contributed by atoms with Crippen molar-refractivity contribution in [2.45, 2.75) is 11.4 Å². The molecule has 3 aromatic carbocycles. The first-order valence-corrected chi connectivity index (χ1v) is 11.4. The minimum atomic E-state index is -3.69. The van der Waals surface area contributed by atoms with Crippen molar-refractivity contribution in [3.8, 4) is 11.5 Å². The number of nitrogens with zero attached hydrogens (tertiary/aromatic N) is 1. The van der Waals surface area contributed by atoms with Crippen LogP contribution in [0.1, 0.15) is 11.1 Å².